The number of nitrogens with zero attached hydrogens (tertiary/aromatic N) is 4. The molecule has 5 N–H and O–H groups in total. The number of nitrogens with one attached hydrogen (secondary N) is 1. The van der Waals surface area contributed by atoms with Gasteiger partial charge >= 0.3 is 0 Å². The zero-order valence-electron chi connectivity index (χ0n) is 18.1. The summed E-state index contributed by atoms with van der Waals surface area (Å²) in [6.45, 7) is 3.82. The van der Waals surface area contributed by atoms with E-state index in [1.54, 1.807) is 59.5 Å². The topological polar surface area (TPSA) is 155 Å². The number of anilines is 2. The second kappa shape index (κ2) is 8.95. The standard InChI is InChI=1S/C23H23N7O3/c1-13(2)30-22(24)20(23(25)32)21(28-30)16-5-3-14(4-6-16)11-19(31)27-18-12-17(33-29-18)15-7-9-26-10-8-15/h3-10,12-13H,11,24H2,1-2H3,(H2,25,32)(H,27,29,31). The molecule has 0 aliphatic heterocycles. The Morgan fingerprint density at radius 2 is 1.79 bits per heavy atom. The zero-order chi connectivity index (χ0) is 23.5. The average molecular weight is 445 g/mol. The van der Waals surface area contributed by atoms with Crippen LogP contribution in [0.1, 0.15) is 35.8 Å². The number of carbonyl (C=O) groups is 2. The molecule has 10 nitrogen and oxygen atoms in total. The van der Waals surface area contributed by atoms with Crippen molar-refractivity contribution in [1.82, 2.24) is 19.9 Å². The molecule has 0 spiro atoms. The van der Waals surface area contributed by atoms with Crippen LogP contribution in [0.4, 0.5) is 11.6 Å². The molecule has 33 heavy (non-hydrogen) atoms. The Bertz CT molecular complexity index is 1290. The molecule has 0 bridgehead atoms. The molecule has 168 valence electrons. The molecule has 0 saturated carbocycles. The van der Waals surface area contributed by atoms with Crippen molar-refractivity contribution in [2.24, 2.45) is 5.73 Å². The van der Waals surface area contributed by atoms with Crippen molar-refractivity contribution in [3.05, 3.63) is 66.0 Å². The van der Waals surface area contributed by atoms with Crippen molar-refractivity contribution in [3.8, 4) is 22.6 Å². The van der Waals surface area contributed by atoms with Gasteiger partial charge in [0.15, 0.2) is 11.6 Å². The summed E-state index contributed by atoms with van der Waals surface area (Å²) in [5.41, 5.74) is 14.5. The molecule has 10 heteroatoms. The smallest absolute Gasteiger partial charge is 0.254 e. The lowest BCUT2D eigenvalue weighted by molar-refractivity contribution is -0.115. The van der Waals surface area contributed by atoms with E-state index in [0.29, 0.717) is 22.8 Å². The summed E-state index contributed by atoms with van der Waals surface area (Å²) < 4.78 is 6.84. The number of carbonyl (C=O) groups excluding carboxylic acids is 2. The van der Waals surface area contributed by atoms with Crippen LogP contribution in [0.15, 0.2) is 59.4 Å². The predicted molar refractivity (Wildman–Crippen MR) is 123 cm³/mol. The Morgan fingerprint density at radius 1 is 1.09 bits per heavy atom. The van der Waals surface area contributed by atoms with Crippen molar-refractivity contribution in [2.75, 3.05) is 11.1 Å². The molecule has 0 atom stereocenters. The Morgan fingerprint density at radius 3 is 2.42 bits per heavy atom. The van der Waals surface area contributed by atoms with Crippen molar-refractivity contribution >= 4 is 23.5 Å². The van der Waals surface area contributed by atoms with Gasteiger partial charge in [0.1, 0.15) is 17.1 Å². The van der Waals surface area contributed by atoms with E-state index in [1.807, 2.05) is 13.8 Å². The predicted octanol–water partition coefficient (Wildman–Crippen LogP) is 3.04. The highest BCUT2D eigenvalue weighted by Gasteiger charge is 2.22. The number of nitrogen functional groups attached to an aromatic ring is 1. The number of benzene rings is 1. The fraction of sp³-hybridized carbons (Fsp3) is 0.174. The van der Waals surface area contributed by atoms with E-state index in [4.69, 9.17) is 16.0 Å². The Balaban J connectivity index is 1.46. The summed E-state index contributed by atoms with van der Waals surface area (Å²) in [5, 5.41) is 11.1. The van der Waals surface area contributed by atoms with Gasteiger partial charge in [-0.1, -0.05) is 29.4 Å². The van der Waals surface area contributed by atoms with Crippen LogP contribution < -0.4 is 16.8 Å². The van der Waals surface area contributed by atoms with E-state index in [1.165, 1.54) is 0 Å². The van der Waals surface area contributed by atoms with Crippen molar-refractivity contribution in [3.63, 3.8) is 0 Å². The maximum Gasteiger partial charge on any atom is 0.254 e. The van der Waals surface area contributed by atoms with E-state index in [9.17, 15) is 9.59 Å². The quantitative estimate of drug-likeness (QED) is 0.395. The fourth-order valence-corrected chi connectivity index (χ4v) is 3.43. The number of amides is 2. The summed E-state index contributed by atoms with van der Waals surface area (Å²) in [5.74, 6) is 0.196. The van der Waals surface area contributed by atoms with E-state index in [2.05, 4.69) is 20.6 Å². The van der Waals surface area contributed by atoms with Gasteiger partial charge in [0.05, 0.1) is 6.42 Å². The lowest BCUT2D eigenvalue weighted by Crippen LogP contribution is -2.15. The number of hydrogen-bond acceptors (Lipinski definition) is 7. The number of nitrogens with two attached hydrogens (primary N) is 2. The largest absolute Gasteiger partial charge is 0.383 e. The molecule has 0 radical (unpaired) electrons. The van der Waals surface area contributed by atoms with Crippen molar-refractivity contribution in [2.45, 2.75) is 26.3 Å². The van der Waals surface area contributed by atoms with E-state index < -0.39 is 5.91 Å². The van der Waals surface area contributed by atoms with Crippen LogP contribution in [-0.2, 0) is 11.2 Å². The van der Waals surface area contributed by atoms with Crippen molar-refractivity contribution < 1.29 is 14.1 Å². The van der Waals surface area contributed by atoms with Crippen molar-refractivity contribution in [1.29, 1.82) is 0 Å². The Kier molecular flexibility index (Phi) is 5.90. The highest BCUT2D eigenvalue weighted by molar-refractivity contribution is 6.03. The third-order valence-corrected chi connectivity index (χ3v) is 5.02. The normalized spacial score (nSPS) is 11.0. The Hall–Kier alpha value is -4.47. The van der Waals surface area contributed by atoms with Crippen LogP contribution >= 0.6 is 0 Å². The van der Waals surface area contributed by atoms with Crippen LogP contribution in [0.2, 0.25) is 0 Å². The van der Waals surface area contributed by atoms with Gasteiger partial charge in [-0.15, -0.1) is 0 Å². The monoisotopic (exact) mass is 445 g/mol. The first-order valence-electron chi connectivity index (χ1n) is 10.3. The van der Waals surface area contributed by atoms with Gasteiger partial charge < -0.3 is 21.3 Å². The van der Waals surface area contributed by atoms with Gasteiger partial charge in [-0.05, 0) is 31.5 Å². The Labute approximate surface area is 189 Å². The molecular weight excluding hydrogens is 422 g/mol. The first kappa shape index (κ1) is 21.8. The SMILES string of the molecule is CC(C)n1nc(-c2ccc(CC(=O)Nc3cc(-c4ccncc4)on3)cc2)c(C(N)=O)c1N. The van der Waals surface area contributed by atoms with Gasteiger partial charge in [0, 0.05) is 35.6 Å². The van der Waals surface area contributed by atoms with Gasteiger partial charge in [0.2, 0.25) is 5.91 Å². The van der Waals surface area contributed by atoms with Crippen LogP contribution in [0.3, 0.4) is 0 Å². The van der Waals surface area contributed by atoms with E-state index in [-0.39, 0.29) is 29.8 Å². The van der Waals surface area contributed by atoms with E-state index >= 15 is 0 Å². The average Bonchev–Trinajstić information content (AvgIpc) is 3.39. The molecule has 0 saturated heterocycles. The van der Waals surface area contributed by atoms with Gasteiger partial charge in [0.25, 0.3) is 5.91 Å². The molecule has 0 fully saturated rings. The van der Waals surface area contributed by atoms with Crippen LogP contribution in [0.5, 0.6) is 0 Å². The highest BCUT2D eigenvalue weighted by atomic mass is 16.5. The van der Waals surface area contributed by atoms with Gasteiger partial charge in [-0.2, -0.15) is 5.10 Å². The third-order valence-electron chi connectivity index (χ3n) is 5.02. The molecular formula is C23H23N7O3. The van der Waals surface area contributed by atoms with Crippen LogP contribution in [0, 0.1) is 0 Å². The first-order chi connectivity index (χ1) is 15.8. The van der Waals surface area contributed by atoms with Crippen LogP contribution in [-0.4, -0.2) is 31.7 Å². The molecule has 3 heterocycles. The molecule has 3 aromatic heterocycles. The fourth-order valence-electron chi connectivity index (χ4n) is 3.43. The lowest BCUT2D eigenvalue weighted by atomic mass is 10.0. The summed E-state index contributed by atoms with van der Waals surface area (Å²) in [6.07, 6.45) is 3.42. The minimum absolute atomic E-state index is 0.0320. The summed E-state index contributed by atoms with van der Waals surface area (Å²) in [4.78, 5) is 28.4. The summed E-state index contributed by atoms with van der Waals surface area (Å²) in [7, 11) is 0. The number of pyridine rings is 1. The maximum absolute atomic E-state index is 12.5. The highest BCUT2D eigenvalue weighted by Crippen LogP contribution is 2.29. The maximum atomic E-state index is 12.5. The van der Waals surface area contributed by atoms with E-state index in [0.717, 1.165) is 11.1 Å². The molecule has 0 unspecified atom stereocenters. The number of rotatable bonds is 7. The second-order valence-electron chi connectivity index (χ2n) is 7.75. The number of hydrogen-bond donors (Lipinski definition) is 3. The minimum Gasteiger partial charge on any atom is -0.383 e. The van der Waals surface area contributed by atoms with Crippen LogP contribution in [0.25, 0.3) is 22.6 Å². The molecule has 2 amide bonds. The van der Waals surface area contributed by atoms with Gasteiger partial charge in [-0.25, -0.2) is 4.68 Å². The zero-order valence-corrected chi connectivity index (χ0v) is 18.1. The lowest BCUT2D eigenvalue weighted by Gasteiger charge is -2.07. The molecule has 4 rings (SSSR count). The third kappa shape index (κ3) is 4.59. The molecule has 0 aliphatic carbocycles. The molecule has 0 aliphatic rings. The number of aromatic nitrogens is 4. The molecule has 1 aromatic carbocycles. The summed E-state index contributed by atoms with van der Waals surface area (Å²) >= 11 is 0. The first-order valence-corrected chi connectivity index (χ1v) is 10.3. The minimum atomic E-state index is -0.642. The number of primary amides is 1. The molecule has 4 aromatic rings. The second-order valence-corrected chi connectivity index (χ2v) is 7.75. The summed E-state index contributed by atoms with van der Waals surface area (Å²) in [6, 6.07) is 12.3. The van der Waals surface area contributed by atoms with Gasteiger partial charge in [-0.3, -0.25) is 14.6 Å².